The Bertz CT molecular complexity index is 878. The fourth-order valence-corrected chi connectivity index (χ4v) is 2.70. The van der Waals surface area contributed by atoms with E-state index < -0.39 is 17.6 Å². The zero-order valence-corrected chi connectivity index (χ0v) is 13.3. The van der Waals surface area contributed by atoms with Gasteiger partial charge in [-0.3, -0.25) is 0 Å². The lowest BCUT2D eigenvalue weighted by Gasteiger charge is -2.07. The highest BCUT2D eigenvalue weighted by molar-refractivity contribution is 7.11. The maximum Gasteiger partial charge on any atom is 0.367 e. The molecule has 1 aromatic heterocycles. The molecule has 0 amide bonds. The van der Waals surface area contributed by atoms with Gasteiger partial charge in [-0.25, -0.2) is 18.6 Å². The number of carbonyl (C=O) groups excluding carboxylic acids is 1. The number of halogens is 2. The minimum atomic E-state index is -0.593. The van der Waals surface area contributed by atoms with Crippen molar-refractivity contribution in [2.75, 3.05) is 7.11 Å². The Kier molecular flexibility index (Phi) is 4.52. The molecule has 0 spiro atoms. The molecule has 122 valence electrons. The van der Waals surface area contributed by atoms with Gasteiger partial charge < -0.3 is 9.47 Å². The molecular weight excluding hydrogens is 336 g/mol. The van der Waals surface area contributed by atoms with Gasteiger partial charge in [-0.15, -0.1) is 11.3 Å². The van der Waals surface area contributed by atoms with Gasteiger partial charge in [-0.05, 0) is 42.5 Å². The van der Waals surface area contributed by atoms with Gasteiger partial charge in [0.25, 0.3) is 0 Å². The molecule has 3 rings (SSSR count). The Hall–Kier alpha value is -2.80. The number of methoxy groups -OCH3 is 1. The maximum atomic E-state index is 14.2. The predicted molar refractivity (Wildman–Crippen MR) is 85.3 cm³/mol. The van der Waals surface area contributed by atoms with Crippen molar-refractivity contribution >= 4 is 17.3 Å². The van der Waals surface area contributed by atoms with Crippen molar-refractivity contribution in [3.63, 3.8) is 0 Å². The van der Waals surface area contributed by atoms with E-state index in [4.69, 9.17) is 4.74 Å². The molecule has 0 aliphatic carbocycles. The third-order valence-electron chi connectivity index (χ3n) is 3.13. The number of benzene rings is 2. The number of esters is 1. The second kappa shape index (κ2) is 6.76. The van der Waals surface area contributed by atoms with E-state index in [0.717, 1.165) is 11.3 Å². The van der Waals surface area contributed by atoms with E-state index in [0.29, 0.717) is 17.0 Å². The molecule has 0 unspecified atom stereocenters. The average Bonchev–Trinajstić information content (AvgIpc) is 3.08. The average molecular weight is 347 g/mol. The molecule has 24 heavy (non-hydrogen) atoms. The lowest BCUT2D eigenvalue weighted by atomic mass is 10.1. The van der Waals surface area contributed by atoms with Crippen LogP contribution in [0.3, 0.4) is 0 Å². The third kappa shape index (κ3) is 3.41. The Labute approximate surface area is 140 Å². The number of hydrogen-bond acceptors (Lipinski definition) is 5. The van der Waals surface area contributed by atoms with Gasteiger partial charge in [-0.1, -0.05) is 0 Å². The van der Waals surface area contributed by atoms with Gasteiger partial charge in [0.15, 0.2) is 11.6 Å². The molecule has 1 heterocycles. The number of ether oxygens (including phenoxy) is 2. The second-order valence-electron chi connectivity index (χ2n) is 4.73. The fraction of sp³-hybridized carbons (Fsp3) is 0.0588. The molecule has 3 aromatic rings. The molecule has 0 aliphatic rings. The molecular formula is C17H11F2NO3S. The van der Waals surface area contributed by atoms with Crippen LogP contribution in [-0.2, 0) is 4.74 Å². The van der Waals surface area contributed by atoms with E-state index in [1.807, 2.05) is 0 Å². The summed E-state index contributed by atoms with van der Waals surface area (Å²) in [6, 6.07) is 9.60. The smallest absolute Gasteiger partial charge is 0.367 e. The topological polar surface area (TPSA) is 48.4 Å². The first-order chi connectivity index (χ1) is 11.6. The number of carbonyl (C=O) groups is 1. The quantitative estimate of drug-likeness (QED) is 0.644. The van der Waals surface area contributed by atoms with E-state index in [9.17, 15) is 13.6 Å². The van der Waals surface area contributed by atoms with Crippen molar-refractivity contribution in [1.82, 2.24) is 4.98 Å². The van der Waals surface area contributed by atoms with Gasteiger partial charge in [0.1, 0.15) is 11.6 Å². The highest BCUT2D eigenvalue weighted by Crippen LogP contribution is 2.29. The molecule has 0 saturated carbocycles. The molecule has 0 atom stereocenters. The van der Waals surface area contributed by atoms with Gasteiger partial charge in [0.2, 0.25) is 5.01 Å². The number of thiazole rings is 1. The van der Waals surface area contributed by atoms with Crippen LogP contribution in [0.5, 0.6) is 11.5 Å². The molecule has 0 bridgehead atoms. The van der Waals surface area contributed by atoms with E-state index in [-0.39, 0.29) is 10.8 Å². The van der Waals surface area contributed by atoms with Crippen LogP contribution in [-0.4, -0.2) is 18.1 Å². The van der Waals surface area contributed by atoms with Gasteiger partial charge in [-0.2, -0.15) is 0 Å². The summed E-state index contributed by atoms with van der Waals surface area (Å²) in [7, 11) is 1.27. The summed E-state index contributed by atoms with van der Waals surface area (Å²) in [4.78, 5) is 15.5. The lowest BCUT2D eigenvalue weighted by molar-refractivity contribution is 0.0600. The maximum absolute atomic E-state index is 14.2. The van der Waals surface area contributed by atoms with Crippen molar-refractivity contribution in [3.05, 3.63) is 64.5 Å². The highest BCUT2D eigenvalue weighted by atomic mass is 32.1. The number of rotatable bonds is 4. The van der Waals surface area contributed by atoms with Crippen LogP contribution >= 0.6 is 11.3 Å². The summed E-state index contributed by atoms with van der Waals surface area (Å²) >= 11 is 1.12. The standard InChI is InChI=1S/C17H11F2NO3S/c1-22-17(21)16-20-14(9-24-16)10-2-7-15(13(19)8-10)23-12-5-3-11(18)4-6-12/h2-9H,1H3. The summed E-state index contributed by atoms with van der Waals surface area (Å²) in [5.74, 6) is -1.20. The summed E-state index contributed by atoms with van der Waals surface area (Å²) in [6.07, 6.45) is 0. The van der Waals surface area contributed by atoms with E-state index in [1.54, 1.807) is 11.4 Å². The first-order valence-electron chi connectivity index (χ1n) is 6.84. The second-order valence-corrected chi connectivity index (χ2v) is 5.59. The zero-order valence-electron chi connectivity index (χ0n) is 12.5. The molecule has 0 aliphatic heterocycles. The zero-order chi connectivity index (χ0) is 17.1. The predicted octanol–water partition coefficient (Wildman–Crippen LogP) is 4.67. The van der Waals surface area contributed by atoms with Crippen LogP contribution in [0.25, 0.3) is 11.3 Å². The van der Waals surface area contributed by atoms with Crippen molar-refractivity contribution in [1.29, 1.82) is 0 Å². The normalized spacial score (nSPS) is 10.5. The molecule has 4 nitrogen and oxygen atoms in total. The van der Waals surface area contributed by atoms with E-state index in [2.05, 4.69) is 9.72 Å². The first kappa shape index (κ1) is 16.1. The number of hydrogen-bond donors (Lipinski definition) is 0. The van der Waals surface area contributed by atoms with Crippen LogP contribution < -0.4 is 4.74 Å². The molecule has 0 N–H and O–H groups in total. The molecule has 0 fully saturated rings. The molecule has 0 saturated heterocycles. The van der Waals surface area contributed by atoms with Crippen molar-refractivity contribution < 1.29 is 23.0 Å². The van der Waals surface area contributed by atoms with Gasteiger partial charge in [0.05, 0.1) is 12.8 Å². The highest BCUT2D eigenvalue weighted by Gasteiger charge is 2.14. The molecule has 7 heteroatoms. The molecule has 2 aromatic carbocycles. The summed E-state index contributed by atoms with van der Waals surface area (Å²) < 4.78 is 37.1. The monoisotopic (exact) mass is 347 g/mol. The minimum Gasteiger partial charge on any atom is -0.464 e. The SMILES string of the molecule is COC(=O)c1nc(-c2ccc(Oc3ccc(F)cc3)c(F)c2)cs1. The first-order valence-corrected chi connectivity index (χ1v) is 7.72. The van der Waals surface area contributed by atoms with Crippen LogP contribution in [0.4, 0.5) is 8.78 Å². The fourth-order valence-electron chi connectivity index (χ4n) is 1.96. The van der Waals surface area contributed by atoms with Gasteiger partial charge in [0, 0.05) is 10.9 Å². The van der Waals surface area contributed by atoms with Crippen molar-refractivity contribution in [2.24, 2.45) is 0 Å². The Morgan fingerprint density at radius 2 is 1.88 bits per heavy atom. The largest absolute Gasteiger partial charge is 0.464 e. The Morgan fingerprint density at radius 3 is 2.54 bits per heavy atom. The van der Waals surface area contributed by atoms with E-state index in [1.165, 1.54) is 43.5 Å². The lowest BCUT2D eigenvalue weighted by Crippen LogP contribution is -1.99. The summed E-state index contributed by atoms with van der Waals surface area (Å²) in [5, 5.41) is 1.83. The van der Waals surface area contributed by atoms with Crippen LogP contribution in [0.15, 0.2) is 47.8 Å². The molecule has 0 radical (unpaired) electrons. The Balaban J connectivity index is 1.83. The summed E-state index contributed by atoms with van der Waals surface area (Å²) in [5.41, 5.74) is 0.970. The Morgan fingerprint density at radius 1 is 1.12 bits per heavy atom. The minimum absolute atomic E-state index is 0.00813. The van der Waals surface area contributed by atoms with Crippen LogP contribution in [0.2, 0.25) is 0 Å². The third-order valence-corrected chi connectivity index (χ3v) is 3.96. The summed E-state index contributed by atoms with van der Waals surface area (Å²) in [6.45, 7) is 0. The number of aromatic nitrogens is 1. The van der Waals surface area contributed by atoms with Crippen molar-refractivity contribution in [2.45, 2.75) is 0 Å². The van der Waals surface area contributed by atoms with Crippen molar-refractivity contribution in [3.8, 4) is 22.8 Å². The van der Waals surface area contributed by atoms with Crippen LogP contribution in [0.1, 0.15) is 9.80 Å². The van der Waals surface area contributed by atoms with E-state index >= 15 is 0 Å². The van der Waals surface area contributed by atoms with Gasteiger partial charge >= 0.3 is 5.97 Å². The number of nitrogens with zero attached hydrogens (tertiary/aromatic N) is 1. The van der Waals surface area contributed by atoms with Crippen LogP contribution in [0, 0.1) is 11.6 Å².